The second kappa shape index (κ2) is 6.47. The van der Waals surface area contributed by atoms with E-state index in [-0.39, 0.29) is 5.54 Å². The van der Waals surface area contributed by atoms with Gasteiger partial charge in [-0.1, -0.05) is 29.8 Å². The van der Waals surface area contributed by atoms with Gasteiger partial charge >= 0.3 is 0 Å². The fraction of sp³-hybridized carbons (Fsp3) is 0.667. The Morgan fingerprint density at radius 1 is 1.43 bits per heavy atom. The fourth-order valence-electron chi connectivity index (χ4n) is 4.08. The van der Waals surface area contributed by atoms with Crippen LogP contribution in [0.3, 0.4) is 0 Å². The van der Waals surface area contributed by atoms with Crippen LogP contribution in [-0.2, 0) is 11.2 Å². The van der Waals surface area contributed by atoms with Crippen LogP contribution in [-0.4, -0.2) is 42.8 Å². The van der Waals surface area contributed by atoms with Crippen LogP contribution in [0.25, 0.3) is 0 Å². The maximum absolute atomic E-state index is 6.24. The van der Waals surface area contributed by atoms with Gasteiger partial charge in [0, 0.05) is 24.7 Å². The lowest BCUT2D eigenvalue weighted by molar-refractivity contribution is -0.0295. The van der Waals surface area contributed by atoms with E-state index in [0.717, 1.165) is 39.1 Å². The second-order valence-corrected chi connectivity index (χ2v) is 6.88. The molecule has 2 aliphatic heterocycles. The Kier molecular flexibility index (Phi) is 4.63. The Morgan fingerprint density at radius 3 is 3.10 bits per heavy atom. The molecule has 0 amide bonds. The lowest BCUT2D eigenvalue weighted by Crippen LogP contribution is -2.50. The molecule has 0 aliphatic carbocycles. The topological polar surface area (TPSA) is 38.5 Å². The minimum absolute atomic E-state index is 0.240. The predicted octanol–water partition coefficient (Wildman–Crippen LogP) is 2.51. The van der Waals surface area contributed by atoms with Crippen LogP contribution >= 0.6 is 0 Å². The molecule has 2 atom stereocenters. The average molecular weight is 288 g/mol. The van der Waals surface area contributed by atoms with Gasteiger partial charge in [0.1, 0.15) is 0 Å². The van der Waals surface area contributed by atoms with E-state index in [1.54, 1.807) is 0 Å². The molecule has 3 rings (SSSR count). The normalized spacial score (nSPS) is 30.1. The summed E-state index contributed by atoms with van der Waals surface area (Å²) in [7, 11) is 0. The van der Waals surface area contributed by atoms with Crippen LogP contribution in [0.2, 0.25) is 0 Å². The molecule has 2 N–H and O–H groups in total. The zero-order valence-corrected chi connectivity index (χ0v) is 13.2. The summed E-state index contributed by atoms with van der Waals surface area (Å²) in [5, 5.41) is 0. The number of nitrogens with two attached hydrogens (primary N) is 1. The molecular formula is C18H28N2O. The minimum Gasteiger partial charge on any atom is -0.380 e. The average Bonchev–Trinajstić information content (AvgIpc) is 2.75. The third-order valence-corrected chi connectivity index (χ3v) is 5.05. The number of aryl methyl sites for hydroxylation is 2. The minimum atomic E-state index is 0.240. The molecular weight excluding hydrogens is 260 g/mol. The van der Waals surface area contributed by atoms with E-state index in [9.17, 15) is 0 Å². The van der Waals surface area contributed by atoms with Crippen molar-refractivity contribution in [2.45, 2.75) is 50.6 Å². The van der Waals surface area contributed by atoms with Gasteiger partial charge in [0.2, 0.25) is 0 Å². The number of ether oxygens (including phenoxy) is 1. The molecule has 1 aromatic rings. The highest BCUT2D eigenvalue weighted by Gasteiger charge is 2.45. The van der Waals surface area contributed by atoms with Crippen LogP contribution in [0.15, 0.2) is 24.3 Å². The second-order valence-electron chi connectivity index (χ2n) is 6.88. The van der Waals surface area contributed by atoms with Gasteiger partial charge in [-0.2, -0.15) is 0 Å². The molecule has 21 heavy (non-hydrogen) atoms. The highest BCUT2D eigenvalue weighted by molar-refractivity contribution is 5.22. The van der Waals surface area contributed by atoms with Crippen molar-refractivity contribution in [1.82, 2.24) is 4.90 Å². The Morgan fingerprint density at radius 2 is 2.33 bits per heavy atom. The van der Waals surface area contributed by atoms with Gasteiger partial charge in [-0.25, -0.2) is 0 Å². The number of nitrogens with zero attached hydrogens (tertiary/aromatic N) is 1. The van der Waals surface area contributed by atoms with Crippen molar-refractivity contribution in [2.24, 2.45) is 5.73 Å². The first-order valence-corrected chi connectivity index (χ1v) is 8.32. The monoisotopic (exact) mass is 288 g/mol. The van der Waals surface area contributed by atoms with E-state index in [0.29, 0.717) is 6.04 Å². The van der Waals surface area contributed by atoms with Crippen molar-refractivity contribution >= 4 is 0 Å². The molecule has 2 fully saturated rings. The zero-order chi connectivity index (χ0) is 14.7. The Balaban J connectivity index is 1.56. The quantitative estimate of drug-likeness (QED) is 0.925. The number of hydrogen-bond donors (Lipinski definition) is 1. The zero-order valence-electron chi connectivity index (χ0n) is 13.2. The van der Waals surface area contributed by atoms with Gasteiger partial charge in [-0.15, -0.1) is 0 Å². The molecule has 2 saturated heterocycles. The predicted molar refractivity (Wildman–Crippen MR) is 86.4 cm³/mol. The Bertz CT molecular complexity index is 468. The molecule has 2 unspecified atom stereocenters. The largest absolute Gasteiger partial charge is 0.380 e. The van der Waals surface area contributed by atoms with E-state index in [4.69, 9.17) is 10.5 Å². The Labute approximate surface area is 128 Å². The third-order valence-electron chi connectivity index (χ3n) is 5.05. The van der Waals surface area contributed by atoms with Crippen LogP contribution in [0.5, 0.6) is 0 Å². The molecule has 0 bridgehead atoms. The first kappa shape index (κ1) is 15.0. The summed E-state index contributed by atoms with van der Waals surface area (Å²) >= 11 is 0. The van der Waals surface area contributed by atoms with E-state index in [1.807, 2.05) is 0 Å². The standard InChI is InChI=1S/C18H28N2O/c1-15-5-2-6-16(11-15)7-3-9-20-13-17(19)12-18(20)8-4-10-21-14-18/h2,5-6,11,17H,3-4,7-10,12-14,19H2,1H3. The fourth-order valence-corrected chi connectivity index (χ4v) is 4.08. The number of benzene rings is 1. The molecule has 2 aliphatic rings. The van der Waals surface area contributed by atoms with E-state index >= 15 is 0 Å². The molecule has 3 nitrogen and oxygen atoms in total. The van der Waals surface area contributed by atoms with E-state index in [1.165, 1.54) is 30.4 Å². The summed E-state index contributed by atoms with van der Waals surface area (Å²) < 4.78 is 5.77. The Hall–Kier alpha value is -0.900. The highest BCUT2D eigenvalue weighted by Crippen LogP contribution is 2.36. The van der Waals surface area contributed by atoms with Gasteiger partial charge < -0.3 is 10.5 Å². The summed E-state index contributed by atoms with van der Waals surface area (Å²) in [4.78, 5) is 2.62. The highest BCUT2D eigenvalue weighted by atomic mass is 16.5. The molecule has 0 saturated carbocycles. The molecule has 1 aromatic carbocycles. The van der Waals surface area contributed by atoms with Crippen molar-refractivity contribution in [1.29, 1.82) is 0 Å². The molecule has 0 aromatic heterocycles. The summed E-state index contributed by atoms with van der Waals surface area (Å²) in [5.41, 5.74) is 9.28. The first-order chi connectivity index (χ1) is 10.2. The van der Waals surface area contributed by atoms with Crippen LogP contribution in [0, 0.1) is 6.92 Å². The molecule has 2 heterocycles. The number of likely N-dealkylation sites (tertiary alicyclic amines) is 1. The molecule has 116 valence electrons. The third kappa shape index (κ3) is 3.47. The van der Waals surface area contributed by atoms with Crippen molar-refractivity contribution in [3.05, 3.63) is 35.4 Å². The summed E-state index contributed by atoms with van der Waals surface area (Å²) in [5.74, 6) is 0. The van der Waals surface area contributed by atoms with Gasteiger partial charge in [0.25, 0.3) is 0 Å². The molecule has 3 heteroatoms. The van der Waals surface area contributed by atoms with Gasteiger partial charge in [-0.05, 0) is 51.1 Å². The maximum atomic E-state index is 6.24. The summed E-state index contributed by atoms with van der Waals surface area (Å²) in [6, 6.07) is 9.19. The number of hydrogen-bond acceptors (Lipinski definition) is 3. The molecule has 0 radical (unpaired) electrons. The van der Waals surface area contributed by atoms with E-state index in [2.05, 4.69) is 36.1 Å². The summed E-state index contributed by atoms with van der Waals surface area (Å²) in [6.45, 7) is 6.15. The van der Waals surface area contributed by atoms with Crippen molar-refractivity contribution in [2.75, 3.05) is 26.3 Å². The van der Waals surface area contributed by atoms with Crippen molar-refractivity contribution < 1.29 is 4.74 Å². The van der Waals surface area contributed by atoms with Gasteiger partial charge in [0.05, 0.1) is 6.61 Å². The molecule has 1 spiro atoms. The lowest BCUT2D eigenvalue weighted by Gasteiger charge is -2.41. The number of rotatable bonds is 4. The van der Waals surface area contributed by atoms with Gasteiger partial charge in [0.15, 0.2) is 0 Å². The van der Waals surface area contributed by atoms with Gasteiger partial charge in [-0.3, -0.25) is 4.90 Å². The smallest absolute Gasteiger partial charge is 0.0651 e. The summed E-state index contributed by atoms with van der Waals surface area (Å²) in [6.07, 6.45) is 5.91. The van der Waals surface area contributed by atoms with Crippen molar-refractivity contribution in [3.63, 3.8) is 0 Å². The van der Waals surface area contributed by atoms with Crippen LogP contribution < -0.4 is 5.73 Å². The van der Waals surface area contributed by atoms with Crippen molar-refractivity contribution in [3.8, 4) is 0 Å². The van der Waals surface area contributed by atoms with Crippen LogP contribution in [0.4, 0.5) is 0 Å². The first-order valence-electron chi connectivity index (χ1n) is 8.32. The SMILES string of the molecule is Cc1cccc(CCCN2CC(N)CC23CCCOC3)c1. The lowest BCUT2D eigenvalue weighted by atomic mass is 9.88. The maximum Gasteiger partial charge on any atom is 0.0651 e. The van der Waals surface area contributed by atoms with E-state index < -0.39 is 0 Å². The van der Waals surface area contributed by atoms with Crippen LogP contribution in [0.1, 0.15) is 36.8 Å².